The van der Waals surface area contributed by atoms with E-state index in [4.69, 9.17) is 16.3 Å². The first-order chi connectivity index (χ1) is 14.9. The summed E-state index contributed by atoms with van der Waals surface area (Å²) in [5.74, 6) is 1.15. The van der Waals surface area contributed by atoms with Gasteiger partial charge in [-0.1, -0.05) is 11.6 Å². The molecule has 8 nitrogen and oxygen atoms in total. The molecular weight excluding hydrogens is 418 g/mol. The average Bonchev–Trinajstić information content (AvgIpc) is 3.16. The fraction of sp³-hybridized carbons (Fsp3) is 0.182. The van der Waals surface area contributed by atoms with Crippen LogP contribution in [0.3, 0.4) is 0 Å². The zero-order chi connectivity index (χ0) is 22.0. The molecule has 2 aromatic heterocycles. The number of H-pyrrole nitrogens is 1. The molecule has 0 aliphatic carbocycles. The van der Waals surface area contributed by atoms with Crippen molar-refractivity contribution < 1.29 is 9.53 Å². The molecule has 0 atom stereocenters. The average molecular weight is 438 g/mol. The minimum absolute atomic E-state index is 0.108. The lowest BCUT2D eigenvalue weighted by molar-refractivity contribution is 0.0984. The third-order valence-electron chi connectivity index (χ3n) is 4.61. The molecule has 0 spiro atoms. The summed E-state index contributed by atoms with van der Waals surface area (Å²) in [7, 11) is 0. The van der Waals surface area contributed by atoms with E-state index >= 15 is 0 Å². The number of nitrogens with zero attached hydrogens (tertiary/aromatic N) is 4. The highest BCUT2D eigenvalue weighted by atomic mass is 35.5. The number of aryl methyl sites for hydroxylation is 1. The van der Waals surface area contributed by atoms with Crippen LogP contribution in [0.4, 0.5) is 5.69 Å². The lowest BCUT2D eigenvalue weighted by Crippen LogP contribution is -2.31. The Morgan fingerprint density at radius 1 is 1.13 bits per heavy atom. The second kappa shape index (κ2) is 8.61. The Hall–Kier alpha value is -3.65. The molecule has 0 unspecified atom stereocenters. The van der Waals surface area contributed by atoms with Crippen molar-refractivity contribution in [3.05, 3.63) is 87.1 Å². The van der Waals surface area contributed by atoms with Crippen LogP contribution in [0.25, 0.3) is 5.78 Å². The Bertz CT molecular complexity index is 1280. The Labute approximate surface area is 183 Å². The van der Waals surface area contributed by atoms with Crippen LogP contribution in [-0.2, 0) is 6.54 Å². The van der Waals surface area contributed by atoms with E-state index in [2.05, 4.69) is 15.1 Å². The largest absolute Gasteiger partial charge is 0.494 e. The molecule has 0 radical (unpaired) electrons. The molecule has 0 fully saturated rings. The number of hydrogen-bond donors (Lipinski definition) is 1. The van der Waals surface area contributed by atoms with Crippen molar-refractivity contribution in [1.82, 2.24) is 19.6 Å². The van der Waals surface area contributed by atoms with Gasteiger partial charge in [-0.2, -0.15) is 9.50 Å². The number of ether oxygens (including phenoxy) is 1. The number of amides is 1. The molecule has 0 aliphatic heterocycles. The standard InChI is InChI=1S/C22H20ClN5O3/c1-3-31-18-10-8-17(9-11-18)27(21(30)15-4-6-16(23)7-5-15)13-19-25-22-24-14(2)12-20(29)28(22)26-19/h4-12H,3,13H2,1-2H3,(H,24,25,26). The van der Waals surface area contributed by atoms with Gasteiger partial charge in [0.1, 0.15) is 11.6 Å². The molecule has 4 rings (SSSR count). The molecule has 4 aromatic rings. The molecule has 1 amide bonds. The first kappa shape index (κ1) is 20.6. The van der Waals surface area contributed by atoms with Crippen LogP contribution < -0.4 is 15.2 Å². The van der Waals surface area contributed by atoms with Crippen molar-refractivity contribution in [3.63, 3.8) is 0 Å². The highest BCUT2D eigenvalue weighted by Gasteiger charge is 2.20. The number of carbonyl (C=O) groups excluding carboxylic acids is 1. The summed E-state index contributed by atoms with van der Waals surface area (Å²) in [4.78, 5) is 35.8. The number of benzene rings is 2. The lowest BCUT2D eigenvalue weighted by Gasteiger charge is -2.22. The number of aromatic amines is 1. The SMILES string of the molecule is CCOc1ccc(N(Cc2nc3nc(C)cc(=O)n3[nH]2)C(=O)c2ccc(Cl)cc2)cc1. The minimum atomic E-state index is -0.266. The summed E-state index contributed by atoms with van der Waals surface area (Å²) < 4.78 is 6.75. The zero-order valence-electron chi connectivity index (χ0n) is 17.0. The highest BCUT2D eigenvalue weighted by molar-refractivity contribution is 6.30. The van der Waals surface area contributed by atoms with Crippen molar-refractivity contribution in [3.8, 4) is 5.75 Å². The molecular formula is C22H20ClN5O3. The van der Waals surface area contributed by atoms with Crippen LogP contribution in [0.5, 0.6) is 5.75 Å². The fourth-order valence-electron chi connectivity index (χ4n) is 3.17. The maximum atomic E-state index is 13.3. The van der Waals surface area contributed by atoms with Crippen LogP contribution >= 0.6 is 11.6 Å². The van der Waals surface area contributed by atoms with E-state index in [1.165, 1.54) is 10.6 Å². The smallest absolute Gasteiger partial charge is 0.274 e. The predicted octanol–water partition coefficient (Wildman–Crippen LogP) is 3.63. The van der Waals surface area contributed by atoms with E-state index in [1.54, 1.807) is 60.4 Å². The lowest BCUT2D eigenvalue weighted by atomic mass is 10.1. The number of hydrogen-bond acceptors (Lipinski definition) is 5. The van der Waals surface area contributed by atoms with Gasteiger partial charge in [-0.25, -0.2) is 4.98 Å². The fourth-order valence-corrected chi connectivity index (χ4v) is 3.30. The summed E-state index contributed by atoms with van der Waals surface area (Å²) in [5.41, 5.74) is 1.43. The van der Waals surface area contributed by atoms with Gasteiger partial charge in [0, 0.05) is 28.0 Å². The van der Waals surface area contributed by atoms with E-state index in [0.717, 1.165) is 0 Å². The summed E-state index contributed by atoms with van der Waals surface area (Å²) >= 11 is 5.97. The number of fused-ring (bicyclic) bond motifs is 1. The molecule has 2 aromatic carbocycles. The Morgan fingerprint density at radius 2 is 1.84 bits per heavy atom. The second-order valence-electron chi connectivity index (χ2n) is 6.87. The van der Waals surface area contributed by atoms with E-state index in [1.807, 2.05) is 6.92 Å². The molecule has 0 aliphatic rings. The third-order valence-corrected chi connectivity index (χ3v) is 4.86. The van der Waals surface area contributed by atoms with Gasteiger partial charge in [0.25, 0.3) is 17.2 Å². The monoisotopic (exact) mass is 437 g/mol. The van der Waals surface area contributed by atoms with Crippen LogP contribution in [-0.4, -0.2) is 32.1 Å². The third kappa shape index (κ3) is 4.44. The number of anilines is 1. The minimum Gasteiger partial charge on any atom is -0.494 e. The van der Waals surface area contributed by atoms with E-state index in [-0.39, 0.29) is 23.8 Å². The molecule has 2 heterocycles. The van der Waals surface area contributed by atoms with Gasteiger partial charge in [0.2, 0.25) is 0 Å². The summed E-state index contributed by atoms with van der Waals surface area (Å²) in [6.07, 6.45) is 0. The topological polar surface area (TPSA) is 92.6 Å². The van der Waals surface area contributed by atoms with Gasteiger partial charge in [0.15, 0.2) is 0 Å². The van der Waals surface area contributed by atoms with Gasteiger partial charge < -0.3 is 9.64 Å². The van der Waals surface area contributed by atoms with Gasteiger partial charge in [-0.05, 0) is 62.4 Å². The Balaban J connectivity index is 1.72. The van der Waals surface area contributed by atoms with E-state index in [0.29, 0.717) is 40.1 Å². The normalized spacial score (nSPS) is 10.9. The van der Waals surface area contributed by atoms with Crippen molar-refractivity contribution >= 4 is 29.0 Å². The van der Waals surface area contributed by atoms with Crippen LogP contribution in [0.1, 0.15) is 28.8 Å². The molecule has 1 N–H and O–H groups in total. The highest BCUT2D eigenvalue weighted by Crippen LogP contribution is 2.23. The van der Waals surface area contributed by atoms with Crippen molar-refractivity contribution in [2.45, 2.75) is 20.4 Å². The maximum Gasteiger partial charge on any atom is 0.274 e. The van der Waals surface area contributed by atoms with Crippen molar-refractivity contribution in [1.29, 1.82) is 0 Å². The van der Waals surface area contributed by atoms with Crippen LogP contribution in [0.2, 0.25) is 5.02 Å². The van der Waals surface area contributed by atoms with Crippen molar-refractivity contribution in [2.75, 3.05) is 11.5 Å². The molecule has 9 heteroatoms. The summed E-state index contributed by atoms with van der Waals surface area (Å²) in [5, 5.41) is 3.47. The second-order valence-corrected chi connectivity index (χ2v) is 7.30. The van der Waals surface area contributed by atoms with E-state index < -0.39 is 0 Å². The number of halogens is 1. The number of carbonyl (C=O) groups is 1. The summed E-state index contributed by atoms with van der Waals surface area (Å²) in [6, 6.07) is 15.3. The van der Waals surface area contributed by atoms with Gasteiger partial charge >= 0.3 is 0 Å². The van der Waals surface area contributed by atoms with Gasteiger partial charge in [-0.3, -0.25) is 14.7 Å². The number of nitrogens with one attached hydrogen (secondary N) is 1. The molecule has 0 saturated carbocycles. The molecule has 0 saturated heterocycles. The first-order valence-electron chi connectivity index (χ1n) is 9.70. The molecule has 158 valence electrons. The first-order valence-corrected chi connectivity index (χ1v) is 10.1. The number of aromatic nitrogens is 4. The zero-order valence-corrected chi connectivity index (χ0v) is 17.8. The molecule has 31 heavy (non-hydrogen) atoms. The Morgan fingerprint density at radius 3 is 2.52 bits per heavy atom. The van der Waals surface area contributed by atoms with Crippen molar-refractivity contribution in [2.24, 2.45) is 0 Å². The van der Waals surface area contributed by atoms with E-state index in [9.17, 15) is 9.59 Å². The number of rotatable bonds is 6. The quantitative estimate of drug-likeness (QED) is 0.497. The Kier molecular flexibility index (Phi) is 5.73. The van der Waals surface area contributed by atoms with Crippen LogP contribution in [0.15, 0.2) is 59.4 Å². The summed E-state index contributed by atoms with van der Waals surface area (Å²) in [6.45, 7) is 4.29. The van der Waals surface area contributed by atoms with Gasteiger partial charge in [-0.15, -0.1) is 0 Å². The van der Waals surface area contributed by atoms with Gasteiger partial charge in [0.05, 0.1) is 13.2 Å². The maximum absolute atomic E-state index is 13.3. The predicted molar refractivity (Wildman–Crippen MR) is 118 cm³/mol. The van der Waals surface area contributed by atoms with Crippen LogP contribution in [0, 0.1) is 6.92 Å². The molecule has 0 bridgehead atoms.